The number of rotatable bonds is 4. The maximum atomic E-state index is 17.5. The number of allylic oxidation sites excluding steroid dienone is 4. The van der Waals surface area contributed by atoms with Crippen LogP contribution >= 0.6 is 0 Å². The van der Waals surface area contributed by atoms with E-state index >= 15 is 8.78 Å². The Kier molecular flexibility index (Phi) is 7.23. The van der Waals surface area contributed by atoms with E-state index in [-0.39, 0.29) is 30.3 Å². The van der Waals surface area contributed by atoms with Crippen LogP contribution in [0.5, 0.6) is 0 Å². The van der Waals surface area contributed by atoms with Gasteiger partial charge in [-0.1, -0.05) is 33.8 Å². The summed E-state index contributed by atoms with van der Waals surface area (Å²) >= 11 is 0. The molecule has 4 fully saturated rings. The highest BCUT2D eigenvalue weighted by atomic mass is 19.1. The summed E-state index contributed by atoms with van der Waals surface area (Å²) in [5, 5.41) is 11.6. The van der Waals surface area contributed by atoms with E-state index in [0.717, 1.165) is 18.9 Å². The van der Waals surface area contributed by atoms with Gasteiger partial charge in [0.2, 0.25) is 12.5 Å². The van der Waals surface area contributed by atoms with Crippen LogP contribution in [0.1, 0.15) is 79.6 Å². The first kappa shape index (κ1) is 30.1. The number of aliphatic hydroxyl groups excluding tert-OH is 1. The summed E-state index contributed by atoms with van der Waals surface area (Å²) in [5.74, 6) is -4.23. The summed E-state index contributed by atoms with van der Waals surface area (Å²) in [4.78, 5) is 39.0. The van der Waals surface area contributed by atoms with E-state index in [1.807, 2.05) is 0 Å². The molecule has 0 heterocycles. The van der Waals surface area contributed by atoms with Gasteiger partial charge >= 0.3 is 12.1 Å². The first-order valence-corrected chi connectivity index (χ1v) is 14.6. The lowest BCUT2D eigenvalue weighted by Crippen LogP contribution is -2.71. The molecule has 2 unspecified atom stereocenters. The molecule has 0 saturated heterocycles. The summed E-state index contributed by atoms with van der Waals surface area (Å²) in [6, 6.07) is 0. The van der Waals surface area contributed by atoms with Crippen LogP contribution in [0.15, 0.2) is 23.8 Å². The Morgan fingerprint density at radius 2 is 1.83 bits per heavy atom. The number of ketones is 1. The first-order chi connectivity index (χ1) is 19.1. The molecule has 7 nitrogen and oxygen atoms in total. The van der Waals surface area contributed by atoms with Gasteiger partial charge in [-0.2, -0.15) is 0 Å². The third-order valence-electron chi connectivity index (χ3n) is 11.3. The number of hydrogen-bond donors (Lipinski definition) is 1. The largest absolute Gasteiger partial charge is 0.509 e. The second-order valence-electron chi connectivity index (χ2n) is 14.1. The summed E-state index contributed by atoms with van der Waals surface area (Å²) in [5.41, 5.74) is -7.59. The molecule has 1 N–H and O–H groups in total. The zero-order valence-corrected chi connectivity index (χ0v) is 24.4. The Labute approximate surface area is 238 Å². The lowest BCUT2D eigenvalue weighted by Gasteiger charge is -2.62. The van der Waals surface area contributed by atoms with E-state index in [9.17, 15) is 23.9 Å². The molecular formula is C31H41F3O7. The topological polar surface area (TPSA) is 99.1 Å². The fraction of sp³-hybridized carbons (Fsp3) is 0.774. The van der Waals surface area contributed by atoms with Gasteiger partial charge < -0.3 is 19.3 Å². The molecule has 0 aromatic heterocycles. The number of alkyl halides is 3. The molecule has 0 aliphatic heterocycles. The van der Waals surface area contributed by atoms with Gasteiger partial charge in [-0.25, -0.2) is 22.8 Å². The normalized spacial score (nSPS) is 46.5. The van der Waals surface area contributed by atoms with Crippen LogP contribution in [0.4, 0.5) is 18.0 Å². The molecule has 0 bridgehead atoms. The number of ether oxygens (including phenoxy) is 3. The zero-order chi connectivity index (χ0) is 30.2. The average Bonchev–Trinajstić information content (AvgIpc) is 3.08. The van der Waals surface area contributed by atoms with Crippen molar-refractivity contribution in [2.24, 2.45) is 34.0 Å². The molecule has 4 saturated carbocycles. The minimum absolute atomic E-state index is 0.0178. The maximum Gasteiger partial charge on any atom is 0.509 e. The summed E-state index contributed by atoms with van der Waals surface area (Å²) < 4.78 is 63.1. The Balaban J connectivity index is 1.53. The van der Waals surface area contributed by atoms with Gasteiger partial charge in [0.25, 0.3) is 0 Å². The van der Waals surface area contributed by atoms with Crippen molar-refractivity contribution in [2.75, 3.05) is 6.86 Å². The van der Waals surface area contributed by atoms with Crippen LogP contribution in [-0.2, 0) is 23.8 Å². The first-order valence-electron chi connectivity index (χ1n) is 14.6. The van der Waals surface area contributed by atoms with E-state index in [0.29, 0.717) is 12.8 Å². The zero-order valence-electron chi connectivity index (χ0n) is 24.4. The van der Waals surface area contributed by atoms with Crippen molar-refractivity contribution in [3.63, 3.8) is 0 Å². The average molecular weight is 583 g/mol. The van der Waals surface area contributed by atoms with Gasteiger partial charge in [0, 0.05) is 22.7 Å². The highest BCUT2D eigenvalue weighted by Crippen LogP contribution is 2.71. The number of hydrogen-bond acceptors (Lipinski definition) is 7. The molecule has 41 heavy (non-hydrogen) atoms. The molecule has 5 aliphatic carbocycles. The Morgan fingerprint density at radius 1 is 1.12 bits per heavy atom. The van der Waals surface area contributed by atoms with Gasteiger partial charge in [-0.3, -0.25) is 4.79 Å². The van der Waals surface area contributed by atoms with Crippen molar-refractivity contribution in [3.8, 4) is 0 Å². The molecule has 10 atom stereocenters. The summed E-state index contributed by atoms with van der Waals surface area (Å²) in [6.07, 6.45) is 1.20. The van der Waals surface area contributed by atoms with Crippen molar-refractivity contribution in [1.29, 1.82) is 0 Å². The Bertz CT molecular complexity index is 1180. The van der Waals surface area contributed by atoms with E-state index < -0.39 is 83.0 Å². The van der Waals surface area contributed by atoms with Crippen LogP contribution in [0.3, 0.4) is 0 Å². The molecule has 0 aromatic carbocycles. The third kappa shape index (κ3) is 4.20. The predicted octanol–water partition coefficient (Wildman–Crippen LogP) is 5.88. The highest BCUT2D eigenvalue weighted by molar-refractivity contribution is 6.01. The van der Waals surface area contributed by atoms with Crippen LogP contribution in [-0.4, -0.2) is 59.5 Å². The molecule has 0 radical (unpaired) electrons. The lowest BCUT2D eigenvalue weighted by molar-refractivity contribution is -0.235. The number of halogens is 3. The molecule has 0 aromatic rings. The van der Waals surface area contributed by atoms with Crippen molar-refractivity contribution in [2.45, 2.75) is 109 Å². The smallest absolute Gasteiger partial charge is 0.431 e. The van der Waals surface area contributed by atoms with E-state index in [4.69, 9.17) is 14.2 Å². The van der Waals surface area contributed by atoms with Crippen LogP contribution in [0.2, 0.25) is 0 Å². The molecule has 228 valence electrons. The molecule has 10 heteroatoms. The number of carbonyl (C=O) groups excluding carboxylic acids is 3. The third-order valence-corrected chi connectivity index (χ3v) is 11.3. The van der Waals surface area contributed by atoms with Gasteiger partial charge in [-0.05, 0) is 80.9 Å². The molecule has 5 rings (SSSR count). The summed E-state index contributed by atoms with van der Waals surface area (Å²) in [7, 11) is 0. The maximum absolute atomic E-state index is 17.5. The van der Waals surface area contributed by atoms with Gasteiger partial charge in [0.1, 0.15) is 12.3 Å². The van der Waals surface area contributed by atoms with Gasteiger partial charge in [0.05, 0.1) is 6.10 Å². The van der Waals surface area contributed by atoms with Crippen molar-refractivity contribution in [3.05, 3.63) is 23.8 Å². The second kappa shape index (κ2) is 9.85. The van der Waals surface area contributed by atoms with E-state index in [2.05, 4.69) is 13.8 Å². The van der Waals surface area contributed by atoms with Crippen molar-refractivity contribution < 1.29 is 46.9 Å². The molecule has 0 amide bonds. The van der Waals surface area contributed by atoms with Crippen molar-refractivity contribution >= 4 is 17.9 Å². The Hall–Kier alpha value is -2.36. The highest BCUT2D eigenvalue weighted by Gasteiger charge is 2.79. The van der Waals surface area contributed by atoms with Crippen LogP contribution in [0.25, 0.3) is 0 Å². The SMILES string of the molecule is C[C@@H]1C[C@H]2[C@@H]3C[C@H](F)C4=CC(=O)C=C[C@]4(C)C3(F)[C@@H](O)C[C@]2(C)[C@]1(OC(=O)OC1CCCC(C)(C)C1)C(=O)OCF. The van der Waals surface area contributed by atoms with Gasteiger partial charge in [0.15, 0.2) is 11.5 Å². The fourth-order valence-corrected chi connectivity index (χ4v) is 9.40. The van der Waals surface area contributed by atoms with Crippen LogP contribution in [0, 0.1) is 34.0 Å². The van der Waals surface area contributed by atoms with Crippen LogP contribution < -0.4 is 0 Å². The Morgan fingerprint density at radius 3 is 2.49 bits per heavy atom. The molecule has 5 aliphatic rings. The quantitative estimate of drug-likeness (QED) is 0.413. The van der Waals surface area contributed by atoms with E-state index in [1.54, 1.807) is 13.8 Å². The number of aliphatic hydroxyl groups is 1. The lowest BCUT2D eigenvalue weighted by atomic mass is 9.44. The molecule has 0 spiro atoms. The predicted molar refractivity (Wildman–Crippen MR) is 142 cm³/mol. The van der Waals surface area contributed by atoms with Crippen molar-refractivity contribution in [1.82, 2.24) is 0 Å². The fourth-order valence-electron chi connectivity index (χ4n) is 9.40. The minimum atomic E-state index is -2.38. The van der Waals surface area contributed by atoms with Gasteiger partial charge in [-0.15, -0.1) is 0 Å². The number of esters is 1. The minimum Gasteiger partial charge on any atom is -0.431 e. The molecular weight excluding hydrogens is 541 g/mol. The standard InChI is InChI=1S/C31H41F3O7/c1-17-11-20-21-13-23(33)22-12-18(35)8-10-28(22,4)30(21,34)24(36)15-29(20,5)31(17,25(37)39-16-32)41-26(38)40-19-7-6-9-27(2,3)14-19/h8,10,12,17,19-21,23-24,36H,6-7,9,11,13-16H2,1-5H3/t17-,19?,20+,21+,23+,24+,28+,29+,30?,31-/m1/s1. The number of fused-ring (bicyclic) bond motifs is 5. The number of carbonyl (C=O) groups is 3. The second-order valence-corrected chi connectivity index (χ2v) is 14.1. The summed E-state index contributed by atoms with van der Waals surface area (Å²) in [6.45, 7) is 7.39. The monoisotopic (exact) mass is 582 g/mol. The van der Waals surface area contributed by atoms with E-state index in [1.165, 1.54) is 19.1 Å².